The van der Waals surface area contributed by atoms with Gasteiger partial charge in [0, 0.05) is 35.2 Å². The Morgan fingerprint density at radius 3 is 1.57 bits per heavy atom. The third kappa shape index (κ3) is 7.96. The summed E-state index contributed by atoms with van der Waals surface area (Å²) in [5.74, 6) is -0.0463. The summed E-state index contributed by atoms with van der Waals surface area (Å²) in [7, 11) is 3.62. The minimum absolute atomic E-state index is 0.0272. The molecular formula is C14H23I2NO4. The van der Waals surface area contributed by atoms with Crippen LogP contribution in [0.2, 0.25) is 0 Å². The summed E-state index contributed by atoms with van der Waals surface area (Å²) in [6, 6.07) is 0. The van der Waals surface area contributed by atoms with E-state index in [0.29, 0.717) is 13.8 Å². The van der Waals surface area contributed by atoms with Crippen LogP contribution in [0, 0.1) is 11.8 Å². The van der Waals surface area contributed by atoms with E-state index in [0.717, 1.165) is 26.1 Å². The number of halogens is 2. The summed E-state index contributed by atoms with van der Waals surface area (Å²) >= 11 is 4.47. The van der Waals surface area contributed by atoms with E-state index in [9.17, 15) is 9.59 Å². The zero-order valence-corrected chi connectivity index (χ0v) is 16.7. The first kappa shape index (κ1) is 19.4. The SMILES string of the molecule is C1CCOC1.CN(C)C(=O)[C@@H]1C[C@@H]1I.O=C(O)[C@@H]1C[C@@H]1I. The van der Waals surface area contributed by atoms with E-state index in [2.05, 4.69) is 45.2 Å². The summed E-state index contributed by atoms with van der Waals surface area (Å²) in [5, 5.41) is 8.22. The number of nitrogens with zero attached hydrogens (tertiary/aromatic N) is 1. The third-order valence-corrected chi connectivity index (χ3v) is 6.08. The molecule has 1 amide bonds. The highest BCUT2D eigenvalue weighted by atomic mass is 127. The number of carbonyl (C=O) groups is 2. The fraction of sp³-hybridized carbons (Fsp3) is 0.857. The molecular weight excluding hydrogens is 500 g/mol. The van der Waals surface area contributed by atoms with Crippen molar-refractivity contribution in [3.05, 3.63) is 0 Å². The molecule has 0 aromatic heterocycles. The molecule has 1 N–H and O–H groups in total. The average Bonchev–Trinajstić information content (AvgIpc) is 3.24. The molecule has 3 fully saturated rings. The Morgan fingerprint density at radius 1 is 1.05 bits per heavy atom. The molecule has 1 aliphatic heterocycles. The van der Waals surface area contributed by atoms with Crippen LogP contribution in [0.1, 0.15) is 25.7 Å². The van der Waals surface area contributed by atoms with Crippen molar-refractivity contribution in [3.63, 3.8) is 0 Å². The summed E-state index contributed by atoms with van der Waals surface area (Å²) in [6.45, 7) is 2.00. The van der Waals surface area contributed by atoms with Crippen LogP contribution in [-0.2, 0) is 14.3 Å². The normalized spacial score (nSPS) is 32.0. The maximum atomic E-state index is 11.0. The minimum atomic E-state index is -0.639. The van der Waals surface area contributed by atoms with Crippen molar-refractivity contribution in [1.82, 2.24) is 4.90 Å². The monoisotopic (exact) mass is 523 g/mol. The van der Waals surface area contributed by atoms with E-state index in [1.807, 2.05) is 14.1 Å². The molecule has 1 saturated heterocycles. The zero-order valence-electron chi connectivity index (χ0n) is 12.4. The number of rotatable bonds is 2. The number of hydrogen-bond acceptors (Lipinski definition) is 3. The van der Waals surface area contributed by atoms with Gasteiger partial charge in [0.1, 0.15) is 0 Å². The van der Waals surface area contributed by atoms with Crippen molar-refractivity contribution in [2.24, 2.45) is 11.8 Å². The van der Waals surface area contributed by atoms with Crippen LogP contribution < -0.4 is 0 Å². The van der Waals surface area contributed by atoms with Crippen molar-refractivity contribution in [3.8, 4) is 0 Å². The molecule has 122 valence electrons. The van der Waals surface area contributed by atoms with E-state index in [4.69, 9.17) is 9.84 Å². The molecule has 7 heteroatoms. The molecule has 3 rings (SSSR count). The van der Waals surface area contributed by atoms with Gasteiger partial charge in [0.2, 0.25) is 5.91 Å². The largest absolute Gasteiger partial charge is 0.481 e. The maximum absolute atomic E-state index is 11.0. The molecule has 5 nitrogen and oxygen atoms in total. The van der Waals surface area contributed by atoms with Crippen molar-refractivity contribution in [1.29, 1.82) is 0 Å². The van der Waals surface area contributed by atoms with Gasteiger partial charge < -0.3 is 14.7 Å². The lowest BCUT2D eigenvalue weighted by Crippen LogP contribution is -2.23. The van der Waals surface area contributed by atoms with Crippen LogP contribution in [-0.4, -0.2) is 57.0 Å². The number of hydrogen-bond donors (Lipinski definition) is 1. The Morgan fingerprint density at radius 2 is 1.48 bits per heavy atom. The van der Waals surface area contributed by atoms with Gasteiger partial charge in [-0.1, -0.05) is 45.2 Å². The van der Waals surface area contributed by atoms with Gasteiger partial charge >= 0.3 is 5.97 Å². The first-order valence-corrected chi connectivity index (χ1v) is 9.63. The van der Waals surface area contributed by atoms with Crippen LogP contribution in [0.5, 0.6) is 0 Å². The van der Waals surface area contributed by atoms with Gasteiger partial charge in [-0.05, 0) is 25.7 Å². The number of ether oxygens (including phenoxy) is 1. The Labute approximate surface area is 153 Å². The lowest BCUT2D eigenvalue weighted by atomic mass is 10.4. The zero-order chi connectivity index (χ0) is 16.0. The molecule has 2 saturated carbocycles. The van der Waals surface area contributed by atoms with E-state index >= 15 is 0 Å². The highest BCUT2D eigenvalue weighted by Crippen LogP contribution is 2.39. The smallest absolute Gasteiger partial charge is 0.307 e. The Hall–Kier alpha value is 0.360. The molecule has 0 unspecified atom stereocenters. The highest BCUT2D eigenvalue weighted by molar-refractivity contribution is 14.1. The van der Waals surface area contributed by atoms with E-state index < -0.39 is 5.97 Å². The third-order valence-electron chi connectivity index (χ3n) is 3.33. The summed E-state index contributed by atoms with van der Waals surface area (Å²) in [4.78, 5) is 22.7. The predicted molar refractivity (Wildman–Crippen MR) is 98.2 cm³/mol. The second kappa shape index (κ2) is 9.49. The highest BCUT2D eigenvalue weighted by Gasteiger charge is 2.41. The number of carbonyl (C=O) groups excluding carboxylic acids is 1. The quantitative estimate of drug-likeness (QED) is 0.447. The molecule has 0 bridgehead atoms. The van der Waals surface area contributed by atoms with Crippen LogP contribution in [0.25, 0.3) is 0 Å². The van der Waals surface area contributed by atoms with Crippen LogP contribution in [0.3, 0.4) is 0 Å². The van der Waals surface area contributed by atoms with Gasteiger partial charge in [-0.3, -0.25) is 9.59 Å². The van der Waals surface area contributed by atoms with Gasteiger partial charge in [0.15, 0.2) is 0 Å². The number of carboxylic acid groups (broad SMARTS) is 1. The molecule has 0 aromatic rings. The second-order valence-electron chi connectivity index (χ2n) is 5.61. The number of amides is 1. The first-order chi connectivity index (χ1) is 9.84. The summed E-state index contributed by atoms with van der Waals surface area (Å²) in [5.41, 5.74) is 0. The molecule has 0 spiro atoms. The Balaban J connectivity index is 0.000000164. The fourth-order valence-corrected chi connectivity index (χ4v) is 3.39. The predicted octanol–water partition coefficient (Wildman–Crippen LogP) is 2.59. The second-order valence-corrected chi connectivity index (χ2v) is 8.81. The topological polar surface area (TPSA) is 66.8 Å². The average molecular weight is 523 g/mol. The van der Waals surface area contributed by atoms with E-state index in [1.165, 1.54) is 12.8 Å². The number of alkyl halides is 2. The van der Waals surface area contributed by atoms with Gasteiger partial charge in [-0.2, -0.15) is 0 Å². The van der Waals surface area contributed by atoms with Crippen LogP contribution in [0.15, 0.2) is 0 Å². The lowest BCUT2D eigenvalue weighted by molar-refractivity contribution is -0.138. The molecule has 0 aromatic carbocycles. The first-order valence-electron chi connectivity index (χ1n) is 7.14. The fourth-order valence-electron chi connectivity index (χ4n) is 1.68. The summed E-state index contributed by atoms with van der Waals surface area (Å²) < 4.78 is 5.97. The van der Waals surface area contributed by atoms with E-state index in [-0.39, 0.29) is 11.8 Å². The van der Waals surface area contributed by atoms with E-state index in [1.54, 1.807) is 4.90 Å². The van der Waals surface area contributed by atoms with Crippen molar-refractivity contribution >= 4 is 57.1 Å². The van der Waals surface area contributed by atoms with Gasteiger partial charge in [0.05, 0.1) is 11.8 Å². The molecule has 4 atom stereocenters. The van der Waals surface area contributed by atoms with Crippen molar-refractivity contribution in [2.45, 2.75) is 33.5 Å². The van der Waals surface area contributed by atoms with Crippen LogP contribution >= 0.6 is 45.2 Å². The summed E-state index contributed by atoms with van der Waals surface area (Å²) in [6.07, 6.45) is 4.51. The lowest BCUT2D eigenvalue weighted by Gasteiger charge is -2.07. The number of carboxylic acids is 1. The Kier molecular flexibility index (Phi) is 8.77. The molecule has 2 aliphatic carbocycles. The van der Waals surface area contributed by atoms with Crippen molar-refractivity contribution in [2.75, 3.05) is 27.3 Å². The van der Waals surface area contributed by atoms with Crippen molar-refractivity contribution < 1.29 is 19.4 Å². The standard InChI is InChI=1S/C6H10INO.C4H5IO2.C4H8O/c1-8(2)6(9)4-3-5(4)7;5-3-1-2(3)4(6)7;1-2-4-5-3-1/h4-5H,3H2,1-2H3;2-3H,1H2,(H,6,7);1-4H2/t4-,5+;2-,3+;/m11./s1. The molecule has 3 aliphatic rings. The molecule has 1 heterocycles. The van der Waals surface area contributed by atoms with Gasteiger partial charge in [-0.25, -0.2) is 0 Å². The van der Waals surface area contributed by atoms with Gasteiger partial charge in [0.25, 0.3) is 0 Å². The Bertz CT molecular complexity index is 353. The van der Waals surface area contributed by atoms with Crippen LogP contribution in [0.4, 0.5) is 0 Å². The maximum Gasteiger partial charge on any atom is 0.307 e. The minimum Gasteiger partial charge on any atom is -0.481 e. The number of aliphatic carboxylic acids is 1. The van der Waals surface area contributed by atoms with Gasteiger partial charge in [-0.15, -0.1) is 0 Å². The molecule has 21 heavy (non-hydrogen) atoms. The molecule has 0 radical (unpaired) electrons.